The summed E-state index contributed by atoms with van der Waals surface area (Å²) in [6, 6.07) is 0. The minimum absolute atomic E-state index is 0. The van der Waals surface area contributed by atoms with Crippen molar-refractivity contribution >= 4 is 31.1 Å². The maximum atomic E-state index is 12.6. The highest BCUT2D eigenvalue weighted by Gasteiger charge is 2.28. The maximum absolute atomic E-state index is 12.6. The molecule has 0 spiro atoms. The Labute approximate surface area is 138 Å². The SMILES string of the molecule is CCOC(=O)C(O)=C(C)C(C(F)F)=[N+](C)C.F.F.F[BH2-]F.O=S=O. The summed E-state index contributed by atoms with van der Waals surface area (Å²) in [5, 5.41) is 9.41. The van der Waals surface area contributed by atoms with E-state index in [0.29, 0.717) is 0 Å². The van der Waals surface area contributed by atoms with E-state index in [4.69, 9.17) is 8.42 Å². The lowest BCUT2D eigenvalue weighted by molar-refractivity contribution is -0.467. The molecule has 0 atom stereocenters. The number of aliphatic hydroxyl groups is 1. The van der Waals surface area contributed by atoms with Crippen LogP contribution in [0.2, 0.25) is 0 Å². The molecule has 0 aromatic carbocycles. The van der Waals surface area contributed by atoms with E-state index in [9.17, 15) is 27.3 Å². The van der Waals surface area contributed by atoms with Crippen LogP contribution in [0.4, 0.5) is 26.8 Å². The van der Waals surface area contributed by atoms with Gasteiger partial charge in [0.25, 0.3) is 7.83 Å². The van der Waals surface area contributed by atoms with Crippen LogP contribution >= 0.6 is 0 Å². The molecule has 0 radical (unpaired) electrons. The molecular formula is C10H20BF6NO5S. The van der Waals surface area contributed by atoms with Crippen molar-refractivity contribution in [3.8, 4) is 0 Å². The number of carbonyl (C=O) groups is 1. The quantitative estimate of drug-likeness (QED) is 0.147. The molecule has 0 rings (SSSR count). The zero-order valence-electron chi connectivity index (χ0n) is 13.5. The number of rotatable bonds is 4. The monoisotopic (exact) mass is 391 g/mol. The van der Waals surface area contributed by atoms with Gasteiger partial charge in [-0.05, 0) is 13.8 Å². The summed E-state index contributed by atoms with van der Waals surface area (Å²) in [5.41, 5.74) is -0.594. The zero-order valence-corrected chi connectivity index (χ0v) is 14.4. The number of carbonyl (C=O) groups excluding carboxylic acids is 1. The molecule has 0 fully saturated rings. The lowest BCUT2D eigenvalue weighted by Gasteiger charge is -2.06. The summed E-state index contributed by atoms with van der Waals surface area (Å²) >= 11 is -0.750. The van der Waals surface area contributed by atoms with E-state index in [1.165, 1.54) is 21.0 Å². The summed E-state index contributed by atoms with van der Waals surface area (Å²) in [5.74, 6) is -1.79. The highest BCUT2D eigenvalue weighted by molar-refractivity contribution is 7.51. The Bertz CT molecular complexity index is 439. The number of hydrogen-bond acceptors (Lipinski definition) is 5. The van der Waals surface area contributed by atoms with Crippen LogP contribution in [0, 0.1) is 0 Å². The third-order valence-corrected chi connectivity index (χ3v) is 1.90. The number of ether oxygens (including phenoxy) is 1. The lowest BCUT2D eigenvalue weighted by atomic mass is 10.1. The summed E-state index contributed by atoms with van der Waals surface area (Å²) in [7, 11) is 0.312. The van der Waals surface area contributed by atoms with E-state index in [-0.39, 0.29) is 21.6 Å². The number of esters is 1. The van der Waals surface area contributed by atoms with Crippen molar-refractivity contribution in [2.24, 2.45) is 0 Å². The van der Waals surface area contributed by atoms with E-state index in [1.807, 2.05) is 0 Å². The Morgan fingerprint density at radius 3 is 1.79 bits per heavy atom. The first-order valence-electron chi connectivity index (χ1n) is 5.81. The van der Waals surface area contributed by atoms with Crippen LogP contribution in [0.15, 0.2) is 11.3 Å². The van der Waals surface area contributed by atoms with E-state index in [0.717, 1.165) is 4.58 Å². The average molecular weight is 391 g/mol. The molecule has 0 unspecified atom stereocenters. The highest BCUT2D eigenvalue weighted by Crippen LogP contribution is 2.11. The predicted octanol–water partition coefficient (Wildman–Crippen LogP) is 0.919. The van der Waals surface area contributed by atoms with Gasteiger partial charge in [-0.15, -0.1) is 0 Å². The van der Waals surface area contributed by atoms with E-state index in [2.05, 4.69) is 4.74 Å². The molecule has 0 aromatic rings. The van der Waals surface area contributed by atoms with Crippen molar-refractivity contribution in [3.05, 3.63) is 11.3 Å². The third-order valence-electron chi connectivity index (χ3n) is 1.90. The minimum Gasteiger partial charge on any atom is -0.501 e. The van der Waals surface area contributed by atoms with Crippen LogP contribution in [0.1, 0.15) is 13.8 Å². The molecule has 6 nitrogen and oxygen atoms in total. The van der Waals surface area contributed by atoms with Crippen molar-refractivity contribution in [2.75, 3.05) is 20.7 Å². The van der Waals surface area contributed by atoms with Gasteiger partial charge in [0.1, 0.15) is 14.1 Å². The predicted molar refractivity (Wildman–Crippen MR) is 79.8 cm³/mol. The molecule has 0 saturated carbocycles. The van der Waals surface area contributed by atoms with Gasteiger partial charge in [0.15, 0.2) is 0 Å². The van der Waals surface area contributed by atoms with Gasteiger partial charge >= 0.3 is 24.0 Å². The summed E-state index contributed by atoms with van der Waals surface area (Å²) < 4.78 is 67.0. The van der Waals surface area contributed by atoms with E-state index < -0.39 is 43.3 Å². The molecular weight excluding hydrogens is 371 g/mol. The van der Waals surface area contributed by atoms with Crippen molar-refractivity contribution < 1.29 is 54.5 Å². The van der Waals surface area contributed by atoms with Gasteiger partial charge in [0.05, 0.1) is 12.2 Å². The molecule has 0 amide bonds. The fraction of sp³-hybridized carbons (Fsp3) is 0.600. The van der Waals surface area contributed by atoms with Crippen molar-refractivity contribution in [1.82, 2.24) is 0 Å². The van der Waals surface area contributed by atoms with Gasteiger partial charge in [-0.3, -0.25) is 9.41 Å². The van der Waals surface area contributed by atoms with E-state index in [1.54, 1.807) is 6.92 Å². The molecule has 0 aliphatic carbocycles. The van der Waals surface area contributed by atoms with Gasteiger partial charge < -0.3 is 18.5 Å². The fourth-order valence-electron chi connectivity index (χ4n) is 1.17. The van der Waals surface area contributed by atoms with Crippen LogP contribution in [-0.2, 0) is 21.1 Å². The first kappa shape index (κ1) is 33.7. The topological polar surface area (TPSA) is 83.7 Å². The Balaban J connectivity index is -0.000000131. The lowest BCUT2D eigenvalue weighted by Crippen LogP contribution is -2.25. The fourth-order valence-corrected chi connectivity index (χ4v) is 1.17. The maximum Gasteiger partial charge on any atom is 0.373 e. The molecule has 24 heavy (non-hydrogen) atoms. The Hall–Kier alpha value is -1.86. The Morgan fingerprint density at radius 2 is 1.58 bits per heavy atom. The molecule has 0 aromatic heterocycles. The molecule has 146 valence electrons. The number of alkyl halides is 2. The highest BCUT2D eigenvalue weighted by atomic mass is 32.1. The number of aliphatic hydroxyl groups excluding tert-OH is 1. The van der Waals surface area contributed by atoms with Crippen LogP contribution in [0.3, 0.4) is 0 Å². The van der Waals surface area contributed by atoms with Crippen LogP contribution in [-0.4, -0.2) is 64.7 Å². The van der Waals surface area contributed by atoms with Crippen molar-refractivity contribution in [3.63, 3.8) is 0 Å². The van der Waals surface area contributed by atoms with E-state index >= 15 is 0 Å². The van der Waals surface area contributed by atoms with Gasteiger partial charge in [0, 0.05) is 0 Å². The third kappa shape index (κ3) is 16.5. The molecule has 0 aliphatic heterocycles. The summed E-state index contributed by atoms with van der Waals surface area (Å²) in [6.45, 7) is 2.88. The first-order chi connectivity index (χ1) is 10.2. The number of halogens is 6. The number of nitrogens with zero attached hydrogens (tertiary/aromatic N) is 1. The summed E-state index contributed by atoms with van der Waals surface area (Å²) in [4.78, 5) is 11.1. The Morgan fingerprint density at radius 1 is 1.25 bits per heavy atom. The first-order valence-corrected chi connectivity index (χ1v) is 6.48. The summed E-state index contributed by atoms with van der Waals surface area (Å²) in [6.07, 6.45) is -2.77. The second-order valence-corrected chi connectivity index (χ2v) is 3.62. The molecule has 0 aliphatic rings. The number of allylic oxidation sites excluding steroid dienone is 1. The van der Waals surface area contributed by atoms with Gasteiger partial charge in [-0.1, -0.05) is 0 Å². The number of hydrogen-bond donors (Lipinski definition) is 1. The second-order valence-electron chi connectivity index (χ2n) is 3.49. The van der Waals surface area contributed by atoms with Gasteiger partial charge in [-0.25, -0.2) is 9.37 Å². The van der Waals surface area contributed by atoms with Gasteiger partial charge in [0.2, 0.25) is 11.5 Å². The molecule has 1 N–H and O–H groups in total. The van der Waals surface area contributed by atoms with Crippen molar-refractivity contribution in [1.29, 1.82) is 0 Å². The minimum atomic E-state index is -2.77. The van der Waals surface area contributed by atoms with Gasteiger partial charge in [-0.2, -0.15) is 17.2 Å². The largest absolute Gasteiger partial charge is 0.501 e. The molecule has 14 heteroatoms. The molecule has 0 heterocycles. The van der Waals surface area contributed by atoms with Crippen LogP contribution < -0.4 is 0 Å². The zero-order chi connectivity index (χ0) is 18.3. The van der Waals surface area contributed by atoms with Crippen molar-refractivity contribution in [2.45, 2.75) is 20.3 Å². The molecule has 0 bridgehead atoms. The second kappa shape index (κ2) is 21.1. The Kier molecular flexibility index (Phi) is 29.7. The van der Waals surface area contributed by atoms with Crippen LogP contribution in [0.5, 0.6) is 0 Å². The average Bonchev–Trinajstić information content (AvgIpc) is 2.39. The smallest absolute Gasteiger partial charge is 0.373 e. The van der Waals surface area contributed by atoms with Crippen LogP contribution in [0.25, 0.3) is 0 Å². The standard InChI is InChI=1S/C10H15F2NO3.BF2H2.2FH.O2S/c1-5-16-10(15)8(14)6(2)7(9(11)12)13(3)4;2-1-3;;;1-3-2/h9H,5H2,1-4H3;1H2;2*1H;/q;-1;;;/p+1. The normalized spacial score (nSPS) is 9.38. The molecule has 0 saturated heterocycles.